The molecule has 0 spiro atoms. The summed E-state index contributed by atoms with van der Waals surface area (Å²) in [7, 11) is 3.21. The Morgan fingerprint density at radius 2 is 2.08 bits per heavy atom. The van der Waals surface area contributed by atoms with Gasteiger partial charge in [0.25, 0.3) is 0 Å². The monoisotopic (exact) mass is 176 g/mol. The fourth-order valence-corrected chi connectivity index (χ4v) is 2.02. The summed E-state index contributed by atoms with van der Waals surface area (Å²) in [5.41, 5.74) is 0. The zero-order valence-electron chi connectivity index (χ0n) is 7.92. The largest absolute Gasteiger partial charge is 0.384 e. The van der Waals surface area contributed by atoms with Crippen LogP contribution in [0.5, 0.6) is 0 Å². The molecule has 1 unspecified atom stereocenters. The topological polar surface area (TPSA) is 18.5 Å². The fraction of sp³-hybridized carbons (Fsp3) is 1.00. The van der Waals surface area contributed by atoms with E-state index in [1.54, 1.807) is 14.2 Å². The van der Waals surface area contributed by atoms with Crippen molar-refractivity contribution in [3.8, 4) is 0 Å². The summed E-state index contributed by atoms with van der Waals surface area (Å²) in [5, 5.41) is 0. The standard InChI is InChI=1S/C9H17FO2/c1-6-4-7(5-11-2)9(12-3)8(6)10/h6-9H,4-5H2,1-3H3/t6-,7-,8+,9?/m1/s1. The number of alkyl halides is 1. The van der Waals surface area contributed by atoms with Crippen LogP contribution in [0.1, 0.15) is 13.3 Å². The molecule has 4 atom stereocenters. The van der Waals surface area contributed by atoms with Crippen LogP contribution < -0.4 is 0 Å². The highest BCUT2D eigenvalue weighted by Gasteiger charge is 2.41. The molecule has 0 saturated heterocycles. The van der Waals surface area contributed by atoms with E-state index in [2.05, 4.69) is 0 Å². The Morgan fingerprint density at radius 1 is 1.42 bits per heavy atom. The van der Waals surface area contributed by atoms with Crippen LogP contribution in [-0.2, 0) is 9.47 Å². The molecule has 1 aliphatic carbocycles. The number of rotatable bonds is 3. The molecule has 1 fully saturated rings. The summed E-state index contributed by atoms with van der Waals surface area (Å²) >= 11 is 0. The highest BCUT2D eigenvalue weighted by Crippen LogP contribution is 2.35. The minimum Gasteiger partial charge on any atom is -0.384 e. The van der Waals surface area contributed by atoms with Crippen molar-refractivity contribution in [2.75, 3.05) is 20.8 Å². The molecule has 3 heteroatoms. The smallest absolute Gasteiger partial charge is 0.129 e. The number of hydrogen-bond donors (Lipinski definition) is 0. The molecule has 0 N–H and O–H groups in total. The van der Waals surface area contributed by atoms with Crippen molar-refractivity contribution >= 4 is 0 Å². The lowest BCUT2D eigenvalue weighted by Crippen LogP contribution is -2.28. The van der Waals surface area contributed by atoms with E-state index in [4.69, 9.17) is 9.47 Å². The molecular weight excluding hydrogens is 159 g/mol. The van der Waals surface area contributed by atoms with Gasteiger partial charge in [0.15, 0.2) is 0 Å². The summed E-state index contributed by atoms with van der Waals surface area (Å²) < 4.78 is 23.5. The average molecular weight is 176 g/mol. The van der Waals surface area contributed by atoms with E-state index in [1.807, 2.05) is 6.92 Å². The van der Waals surface area contributed by atoms with Crippen LogP contribution >= 0.6 is 0 Å². The van der Waals surface area contributed by atoms with Crippen LogP contribution in [-0.4, -0.2) is 33.1 Å². The van der Waals surface area contributed by atoms with Crippen molar-refractivity contribution in [3.05, 3.63) is 0 Å². The molecule has 1 saturated carbocycles. The van der Waals surface area contributed by atoms with Gasteiger partial charge in [-0.05, 0) is 12.3 Å². The van der Waals surface area contributed by atoms with Gasteiger partial charge < -0.3 is 9.47 Å². The van der Waals surface area contributed by atoms with Gasteiger partial charge in [0.1, 0.15) is 6.17 Å². The summed E-state index contributed by atoms with van der Waals surface area (Å²) in [6.45, 7) is 2.52. The van der Waals surface area contributed by atoms with Gasteiger partial charge in [-0.1, -0.05) is 6.92 Å². The lowest BCUT2D eigenvalue weighted by molar-refractivity contribution is -0.00456. The lowest BCUT2D eigenvalue weighted by Gasteiger charge is -2.18. The molecule has 0 aliphatic heterocycles. The van der Waals surface area contributed by atoms with E-state index in [0.717, 1.165) is 6.42 Å². The molecule has 1 rings (SSSR count). The zero-order valence-corrected chi connectivity index (χ0v) is 7.92. The van der Waals surface area contributed by atoms with Crippen LogP contribution in [0, 0.1) is 11.8 Å². The first kappa shape index (κ1) is 9.93. The van der Waals surface area contributed by atoms with Crippen molar-refractivity contribution in [1.29, 1.82) is 0 Å². The van der Waals surface area contributed by atoms with Gasteiger partial charge in [-0.2, -0.15) is 0 Å². The van der Waals surface area contributed by atoms with Crippen LogP contribution in [0.4, 0.5) is 4.39 Å². The highest BCUT2D eigenvalue weighted by atomic mass is 19.1. The Hall–Kier alpha value is -0.150. The minimum absolute atomic E-state index is 0.107. The summed E-state index contributed by atoms with van der Waals surface area (Å²) in [6.07, 6.45) is -0.219. The zero-order chi connectivity index (χ0) is 9.14. The van der Waals surface area contributed by atoms with E-state index in [-0.39, 0.29) is 17.9 Å². The second-order valence-electron chi connectivity index (χ2n) is 3.57. The maximum Gasteiger partial charge on any atom is 0.129 e. The van der Waals surface area contributed by atoms with Crippen molar-refractivity contribution < 1.29 is 13.9 Å². The molecule has 0 bridgehead atoms. The predicted molar refractivity (Wildman–Crippen MR) is 44.8 cm³/mol. The van der Waals surface area contributed by atoms with Crippen LogP contribution in [0.25, 0.3) is 0 Å². The molecule has 0 amide bonds. The molecule has 0 aromatic carbocycles. The van der Waals surface area contributed by atoms with Crippen LogP contribution in [0.2, 0.25) is 0 Å². The first-order valence-electron chi connectivity index (χ1n) is 4.36. The number of halogens is 1. The molecular formula is C9H17FO2. The third-order valence-corrected chi connectivity index (χ3v) is 2.65. The van der Waals surface area contributed by atoms with E-state index < -0.39 is 6.17 Å². The number of ether oxygens (including phenoxy) is 2. The maximum atomic E-state index is 13.4. The molecule has 12 heavy (non-hydrogen) atoms. The summed E-state index contributed by atoms with van der Waals surface area (Å²) in [6, 6.07) is 0. The highest BCUT2D eigenvalue weighted by molar-refractivity contribution is 4.90. The molecule has 0 heterocycles. The van der Waals surface area contributed by atoms with E-state index in [1.165, 1.54) is 0 Å². The number of hydrogen-bond acceptors (Lipinski definition) is 2. The number of methoxy groups -OCH3 is 2. The van der Waals surface area contributed by atoms with E-state index in [9.17, 15) is 4.39 Å². The second-order valence-corrected chi connectivity index (χ2v) is 3.57. The molecule has 72 valence electrons. The quantitative estimate of drug-likeness (QED) is 0.651. The maximum absolute atomic E-state index is 13.4. The Morgan fingerprint density at radius 3 is 2.58 bits per heavy atom. The van der Waals surface area contributed by atoms with Crippen molar-refractivity contribution in [3.63, 3.8) is 0 Å². The van der Waals surface area contributed by atoms with Crippen molar-refractivity contribution in [1.82, 2.24) is 0 Å². The van der Waals surface area contributed by atoms with Crippen molar-refractivity contribution in [2.24, 2.45) is 11.8 Å². The second kappa shape index (κ2) is 4.19. The van der Waals surface area contributed by atoms with Gasteiger partial charge in [0.2, 0.25) is 0 Å². The normalized spacial score (nSPS) is 42.0. The summed E-state index contributed by atoms with van der Waals surface area (Å²) in [4.78, 5) is 0. The van der Waals surface area contributed by atoms with Crippen LogP contribution in [0.3, 0.4) is 0 Å². The lowest BCUT2D eigenvalue weighted by atomic mass is 10.1. The van der Waals surface area contributed by atoms with Gasteiger partial charge in [0.05, 0.1) is 12.7 Å². The summed E-state index contributed by atoms with van der Waals surface area (Å²) in [5.74, 6) is 0.333. The third kappa shape index (κ3) is 1.77. The van der Waals surface area contributed by atoms with Gasteiger partial charge in [-0.15, -0.1) is 0 Å². The third-order valence-electron chi connectivity index (χ3n) is 2.65. The molecule has 2 nitrogen and oxygen atoms in total. The fourth-order valence-electron chi connectivity index (χ4n) is 2.02. The molecule has 0 radical (unpaired) electrons. The van der Waals surface area contributed by atoms with Gasteiger partial charge >= 0.3 is 0 Å². The average Bonchev–Trinajstić information content (AvgIpc) is 2.29. The Kier molecular flexibility index (Phi) is 3.47. The first-order valence-corrected chi connectivity index (χ1v) is 4.36. The van der Waals surface area contributed by atoms with E-state index in [0.29, 0.717) is 6.61 Å². The molecule has 0 aromatic heterocycles. The van der Waals surface area contributed by atoms with E-state index >= 15 is 0 Å². The predicted octanol–water partition coefficient (Wildman–Crippen LogP) is 1.64. The van der Waals surface area contributed by atoms with Gasteiger partial charge in [-0.25, -0.2) is 4.39 Å². The molecule has 0 aromatic rings. The van der Waals surface area contributed by atoms with Gasteiger partial charge in [-0.3, -0.25) is 0 Å². The molecule has 1 aliphatic rings. The van der Waals surface area contributed by atoms with Gasteiger partial charge in [0, 0.05) is 20.1 Å². The Bertz CT molecular complexity index is 140. The Balaban J connectivity index is 2.52. The first-order chi connectivity index (χ1) is 5.70. The Labute approximate surface area is 73.0 Å². The SMILES string of the molecule is COC[C@H]1C[C@@H](C)[C@H](F)C1OC. The van der Waals surface area contributed by atoms with Crippen LogP contribution in [0.15, 0.2) is 0 Å². The van der Waals surface area contributed by atoms with Crippen molar-refractivity contribution in [2.45, 2.75) is 25.6 Å². The minimum atomic E-state index is -0.824.